The number of hydrogen-bond acceptors (Lipinski definition) is 5. The molecule has 0 unspecified atom stereocenters. The maximum Gasteiger partial charge on any atom is 0.343 e. The molecule has 0 aliphatic carbocycles. The van der Waals surface area contributed by atoms with Gasteiger partial charge in [-0.2, -0.15) is 9.78 Å². The van der Waals surface area contributed by atoms with E-state index in [1.165, 1.54) is 22.9 Å². The third-order valence-corrected chi connectivity index (χ3v) is 5.67. The first-order chi connectivity index (χ1) is 15.0. The van der Waals surface area contributed by atoms with Crippen LogP contribution >= 0.6 is 11.6 Å². The minimum Gasteiger partial charge on any atom is -0.395 e. The van der Waals surface area contributed by atoms with Crippen LogP contribution in [0.1, 0.15) is 32.0 Å². The van der Waals surface area contributed by atoms with Crippen molar-refractivity contribution in [3.05, 3.63) is 40.3 Å². The predicted octanol–water partition coefficient (Wildman–Crippen LogP) is 2.41. The van der Waals surface area contributed by atoms with Crippen LogP contribution in [0.5, 0.6) is 0 Å². The lowest BCUT2D eigenvalue weighted by molar-refractivity contribution is -0.125. The molecule has 0 bridgehead atoms. The number of fused-ring (bicyclic) bond motifs is 1. The number of benzene rings is 1. The molecule has 174 valence electrons. The van der Waals surface area contributed by atoms with Crippen molar-refractivity contribution in [1.82, 2.24) is 25.3 Å². The summed E-state index contributed by atoms with van der Waals surface area (Å²) in [5.41, 5.74) is 1.45. The first-order valence-corrected chi connectivity index (χ1v) is 10.8. The van der Waals surface area contributed by atoms with Crippen molar-refractivity contribution in [1.29, 1.82) is 0 Å². The summed E-state index contributed by atoms with van der Waals surface area (Å²) in [6, 6.07) is 2.79. The minimum absolute atomic E-state index is 0.0848. The normalized spacial score (nSPS) is 15.2. The number of hydrogen-bond donors (Lipinski definition) is 3. The Hall–Kier alpha value is -2.49. The second-order valence-corrected chi connectivity index (χ2v) is 9.50. The summed E-state index contributed by atoms with van der Waals surface area (Å²) in [4.78, 5) is 27.9. The van der Waals surface area contributed by atoms with Crippen LogP contribution in [0.25, 0.3) is 11.3 Å². The van der Waals surface area contributed by atoms with Gasteiger partial charge in [-0.3, -0.25) is 4.79 Å². The third-order valence-electron chi connectivity index (χ3n) is 5.44. The topological polar surface area (TPSA) is 99.5 Å². The summed E-state index contributed by atoms with van der Waals surface area (Å²) < 4.78 is 15.8. The maximum absolute atomic E-state index is 14.6. The number of carbonyl (C=O) groups is 2. The zero-order valence-electron chi connectivity index (χ0n) is 18.7. The number of carbonyl (C=O) groups excluding carboxylic acids is 2. The molecule has 3 rings (SSSR count). The molecule has 2 aromatic rings. The highest BCUT2D eigenvalue weighted by Crippen LogP contribution is 2.32. The van der Waals surface area contributed by atoms with E-state index < -0.39 is 29.2 Å². The Morgan fingerprint density at radius 2 is 2.06 bits per heavy atom. The molecule has 32 heavy (non-hydrogen) atoms. The Kier molecular flexibility index (Phi) is 7.22. The number of aliphatic hydroxyl groups is 1. The quantitative estimate of drug-likeness (QED) is 0.629. The van der Waals surface area contributed by atoms with Crippen molar-refractivity contribution in [3.8, 4) is 11.3 Å². The van der Waals surface area contributed by atoms with Gasteiger partial charge in [0, 0.05) is 35.8 Å². The average Bonchev–Trinajstić information content (AvgIpc) is 3.09. The van der Waals surface area contributed by atoms with E-state index >= 15 is 0 Å². The zero-order valence-corrected chi connectivity index (χ0v) is 19.5. The second kappa shape index (κ2) is 9.56. The number of aliphatic hydroxyl groups excluding tert-OH is 1. The van der Waals surface area contributed by atoms with Gasteiger partial charge in [-0.15, -0.1) is 0 Å². The summed E-state index contributed by atoms with van der Waals surface area (Å²) in [7, 11) is 1.93. The van der Waals surface area contributed by atoms with E-state index in [0.29, 0.717) is 29.4 Å². The molecule has 2 heterocycles. The zero-order chi connectivity index (χ0) is 23.6. The Bertz CT molecular complexity index is 1020. The second-order valence-electron chi connectivity index (χ2n) is 9.06. The van der Waals surface area contributed by atoms with Gasteiger partial charge in [-0.1, -0.05) is 32.4 Å². The van der Waals surface area contributed by atoms with Crippen LogP contribution in [0.4, 0.5) is 9.18 Å². The van der Waals surface area contributed by atoms with Gasteiger partial charge in [0.2, 0.25) is 5.91 Å². The molecule has 0 saturated carbocycles. The molecular weight excluding hydrogens is 437 g/mol. The Morgan fingerprint density at radius 1 is 1.34 bits per heavy atom. The largest absolute Gasteiger partial charge is 0.395 e. The third kappa shape index (κ3) is 5.11. The predicted molar refractivity (Wildman–Crippen MR) is 120 cm³/mol. The molecule has 1 aromatic heterocycles. The Labute approximate surface area is 191 Å². The smallest absolute Gasteiger partial charge is 0.343 e. The van der Waals surface area contributed by atoms with Gasteiger partial charge in [0.15, 0.2) is 0 Å². The van der Waals surface area contributed by atoms with Gasteiger partial charge in [0.05, 0.1) is 18.0 Å². The number of nitrogens with zero attached hydrogens (tertiary/aromatic N) is 3. The lowest BCUT2D eigenvalue weighted by atomic mass is 9.86. The van der Waals surface area contributed by atoms with Gasteiger partial charge in [-0.25, -0.2) is 9.18 Å². The Morgan fingerprint density at radius 3 is 2.72 bits per heavy atom. The van der Waals surface area contributed by atoms with Gasteiger partial charge < -0.3 is 20.6 Å². The summed E-state index contributed by atoms with van der Waals surface area (Å²) in [5.74, 6) is -0.878. The van der Waals surface area contributed by atoms with Gasteiger partial charge in [0.25, 0.3) is 0 Å². The molecule has 1 atom stereocenters. The van der Waals surface area contributed by atoms with E-state index in [1.54, 1.807) is 0 Å². The number of aromatic nitrogens is 2. The Balaban J connectivity index is 2.01. The molecule has 8 nitrogen and oxygen atoms in total. The van der Waals surface area contributed by atoms with Crippen molar-refractivity contribution in [2.45, 2.75) is 39.8 Å². The highest BCUT2D eigenvalue weighted by molar-refractivity contribution is 6.30. The number of amides is 2. The standard InChI is InChI=1S/C22H29ClFN5O3/c1-22(2,3)19(20(31)25-8-10-30)26-21(32)29-17-12-28(4)9-7-14(17)18(27-29)15-11-13(23)5-6-16(15)24/h5-6,11,19,30H,7-10,12H2,1-4H3,(H,25,31)(H,26,32)/t19-/m1/s1. The van der Waals surface area contributed by atoms with Crippen molar-refractivity contribution in [2.24, 2.45) is 5.41 Å². The van der Waals surface area contributed by atoms with E-state index in [0.717, 1.165) is 12.1 Å². The van der Waals surface area contributed by atoms with Crippen LogP contribution in [-0.4, -0.2) is 64.5 Å². The fourth-order valence-electron chi connectivity index (χ4n) is 3.75. The molecule has 2 amide bonds. The van der Waals surface area contributed by atoms with Crippen molar-refractivity contribution >= 4 is 23.5 Å². The molecular formula is C22H29ClFN5O3. The van der Waals surface area contributed by atoms with Crippen molar-refractivity contribution < 1.29 is 19.1 Å². The van der Waals surface area contributed by atoms with E-state index in [1.807, 2.05) is 32.7 Å². The number of rotatable bonds is 5. The fraction of sp³-hybridized carbons (Fsp3) is 0.500. The SMILES string of the molecule is CN1CCc2c(-c3cc(Cl)ccc3F)nn(C(=O)N[C@H](C(=O)NCCO)C(C)(C)C)c2C1. The summed E-state index contributed by atoms with van der Waals surface area (Å²) in [6.07, 6.45) is 0.597. The number of likely N-dealkylation sites (N-methyl/N-ethyl adjacent to an activating group) is 1. The molecule has 1 aliphatic rings. The fourth-order valence-corrected chi connectivity index (χ4v) is 3.92. The number of nitrogens with one attached hydrogen (secondary N) is 2. The first-order valence-electron chi connectivity index (χ1n) is 10.5. The van der Waals surface area contributed by atoms with Crippen LogP contribution in [-0.2, 0) is 17.8 Å². The van der Waals surface area contributed by atoms with E-state index in [9.17, 15) is 14.0 Å². The molecule has 1 aromatic carbocycles. The van der Waals surface area contributed by atoms with Gasteiger partial charge >= 0.3 is 6.03 Å². The number of halogens is 2. The summed E-state index contributed by atoms with van der Waals surface area (Å²) >= 11 is 6.09. The highest BCUT2D eigenvalue weighted by atomic mass is 35.5. The van der Waals surface area contributed by atoms with Gasteiger partial charge in [0.1, 0.15) is 11.9 Å². The molecule has 0 fully saturated rings. The maximum atomic E-state index is 14.6. The van der Waals surface area contributed by atoms with Crippen LogP contribution in [0.3, 0.4) is 0 Å². The van der Waals surface area contributed by atoms with Crippen LogP contribution < -0.4 is 10.6 Å². The average molecular weight is 466 g/mol. The summed E-state index contributed by atoms with van der Waals surface area (Å²) in [6.45, 7) is 6.56. The molecule has 1 aliphatic heterocycles. The lowest BCUT2D eigenvalue weighted by Crippen LogP contribution is -2.55. The first kappa shape index (κ1) is 24.2. The highest BCUT2D eigenvalue weighted by Gasteiger charge is 2.35. The summed E-state index contributed by atoms with van der Waals surface area (Å²) in [5, 5.41) is 19.2. The molecule has 3 N–H and O–H groups in total. The monoisotopic (exact) mass is 465 g/mol. The minimum atomic E-state index is -0.867. The molecule has 0 spiro atoms. The van der Waals surface area contributed by atoms with Crippen molar-refractivity contribution in [3.63, 3.8) is 0 Å². The van der Waals surface area contributed by atoms with E-state index in [-0.39, 0.29) is 18.7 Å². The lowest BCUT2D eigenvalue weighted by Gasteiger charge is -2.30. The van der Waals surface area contributed by atoms with Crippen LogP contribution in [0.2, 0.25) is 5.02 Å². The van der Waals surface area contributed by atoms with Gasteiger partial charge in [-0.05, 0) is 37.1 Å². The van der Waals surface area contributed by atoms with Crippen LogP contribution in [0, 0.1) is 11.2 Å². The van der Waals surface area contributed by atoms with Crippen LogP contribution in [0.15, 0.2) is 18.2 Å². The van der Waals surface area contributed by atoms with E-state index in [4.69, 9.17) is 16.7 Å². The molecule has 0 radical (unpaired) electrons. The molecule has 0 saturated heterocycles. The van der Waals surface area contributed by atoms with Crippen molar-refractivity contribution in [2.75, 3.05) is 26.7 Å². The van der Waals surface area contributed by atoms with E-state index in [2.05, 4.69) is 15.7 Å². The molecule has 10 heteroatoms.